The van der Waals surface area contributed by atoms with Gasteiger partial charge in [-0.3, -0.25) is 4.79 Å². The van der Waals surface area contributed by atoms with Crippen LogP contribution in [0.25, 0.3) is 0 Å². The standard InChI is InChI=1S/C8H11N7O/c1-4-3-5(6(16)15(2)14-4)10-8-11-7(9)12-13-8/h3H,1-2H3,(H4,9,10,11,12,13). The lowest BCUT2D eigenvalue weighted by Crippen LogP contribution is -2.23. The smallest absolute Gasteiger partial charge is 0.290 e. The number of aromatic amines is 1. The average molecular weight is 221 g/mol. The van der Waals surface area contributed by atoms with Gasteiger partial charge in [-0.05, 0) is 13.0 Å². The van der Waals surface area contributed by atoms with Gasteiger partial charge >= 0.3 is 0 Å². The maximum atomic E-state index is 11.7. The second-order valence-corrected chi connectivity index (χ2v) is 3.30. The fourth-order valence-corrected chi connectivity index (χ4v) is 1.30. The minimum atomic E-state index is -0.256. The highest BCUT2D eigenvalue weighted by molar-refractivity contribution is 5.52. The highest BCUT2D eigenvalue weighted by Gasteiger charge is 2.06. The Morgan fingerprint density at radius 3 is 2.94 bits per heavy atom. The largest absolute Gasteiger partial charge is 0.368 e. The van der Waals surface area contributed by atoms with Gasteiger partial charge in [0.15, 0.2) is 0 Å². The summed E-state index contributed by atoms with van der Waals surface area (Å²) < 4.78 is 1.24. The number of anilines is 3. The zero-order valence-corrected chi connectivity index (χ0v) is 8.85. The first-order valence-electron chi connectivity index (χ1n) is 4.56. The lowest BCUT2D eigenvalue weighted by atomic mass is 10.4. The molecule has 4 N–H and O–H groups in total. The fourth-order valence-electron chi connectivity index (χ4n) is 1.30. The predicted octanol–water partition coefficient (Wildman–Crippen LogP) is -0.467. The monoisotopic (exact) mass is 221 g/mol. The Morgan fingerprint density at radius 1 is 1.56 bits per heavy atom. The first-order chi connectivity index (χ1) is 7.56. The van der Waals surface area contributed by atoms with Gasteiger partial charge in [-0.15, -0.1) is 5.10 Å². The van der Waals surface area contributed by atoms with Crippen LogP contribution in [0.5, 0.6) is 0 Å². The van der Waals surface area contributed by atoms with Gasteiger partial charge in [-0.2, -0.15) is 10.1 Å². The number of hydrogen-bond acceptors (Lipinski definition) is 6. The third kappa shape index (κ3) is 1.85. The highest BCUT2D eigenvalue weighted by Crippen LogP contribution is 2.08. The third-order valence-electron chi connectivity index (χ3n) is 1.93. The number of hydrogen-bond donors (Lipinski definition) is 3. The van der Waals surface area contributed by atoms with Gasteiger partial charge in [0.2, 0.25) is 11.9 Å². The Balaban J connectivity index is 2.38. The number of nitrogen functional groups attached to an aromatic ring is 1. The molecule has 0 saturated heterocycles. The third-order valence-corrected chi connectivity index (χ3v) is 1.93. The second-order valence-electron chi connectivity index (χ2n) is 3.30. The van der Waals surface area contributed by atoms with E-state index in [9.17, 15) is 4.79 Å². The van der Waals surface area contributed by atoms with Crippen molar-refractivity contribution in [3.8, 4) is 0 Å². The molecule has 0 unspecified atom stereocenters. The summed E-state index contributed by atoms with van der Waals surface area (Å²) in [6.07, 6.45) is 0. The Morgan fingerprint density at radius 2 is 2.31 bits per heavy atom. The topological polar surface area (TPSA) is 115 Å². The van der Waals surface area contributed by atoms with Crippen molar-refractivity contribution < 1.29 is 0 Å². The van der Waals surface area contributed by atoms with Crippen molar-refractivity contribution in [2.45, 2.75) is 6.92 Å². The van der Waals surface area contributed by atoms with E-state index < -0.39 is 0 Å². The molecule has 0 radical (unpaired) electrons. The normalized spacial score (nSPS) is 10.4. The Hall–Kier alpha value is -2.38. The van der Waals surface area contributed by atoms with Crippen LogP contribution in [0.2, 0.25) is 0 Å². The van der Waals surface area contributed by atoms with Gasteiger partial charge in [0.25, 0.3) is 5.56 Å². The van der Waals surface area contributed by atoms with Crippen molar-refractivity contribution in [2.75, 3.05) is 11.1 Å². The van der Waals surface area contributed by atoms with Gasteiger partial charge in [0, 0.05) is 7.05 Å². The summed E-state index contributed by atoms with van der Waals surface area (Å²) in [5.74, 6) is 0.435. The molecule has 84 valence electrons. The van der Waals surface area contributed by atoms with Gasteiger partial charge < -0.3 is 11.1 Å². The summed E-state index contributed by atoms with van der Waals surface area (Å²) in [6, 6.07) is 1.62. The molecule has 0 aliphatic heterocycles. The average Bonchev–Trinajstić information content (AvgIpc) is 2.60. The molecule has 2 aromatic heterocycles. The quantitative estimate of drug-likeness (QED) is 0.631. The summed E-state index contributed by atoms with van der Waals surface area (Å²) in [5.41, 5.74) is 6.18. The van der Waals surface area contributed by atoms with Crippen molar-refractivity contribution in [3.63, 3.8) is 0 Å². The predicted molar refractivity (Wildman–Crippen MR) is 58.3 cm³/mol. The van der Waals surface area contributed by atoms with Crippen LogP contribution < -0.4 is 16.6 Å². The second kappa shape index (κ2) is 3.65. The molecule has 8 nitrogen and oxygen atoms in total. The van der Waals surface area contributed by atoms with Crippen LogP contribution in [-0.4, -0.2) is 25.0 Å². The van der Waals surface area contributed by atoms with Gasteiger partial charge in [0.05, 0.1) is 5.69 Å². The summed E-state index contributed by atoms with van der Waals surface area (Å²) in [6.45, 7) is 1.79. The lowest BCUT2D eigenvalue weighted by molar-refractivity contribution is 0.695. The van der Waals surface area contributed by atoms with E-state index in [1.165, 1.54) is 4.68 Å². The molecule has 0 aliphatic carbocycles. The molecule has 2 aromatic rings. The van der Waals surface area contributed by atoms with Crippen molar-refractivity contribution >= 4 is 17.6 Å². The van der Waals surface area contributed by atoms with E-state index in [0.717, 1.165) is 0 Å². The van der Waals surface area contributed by atoms with Crippen molar-refractivity contribution in [3.05, 3.63) is 22.1 Å². The number of nitrogens with zero attached hydrogens (tertiary/aromatic N) is 4. The number of aromatic nitrogens is 5. The van der Waals surface area contributed by atoms with E-state index in [1.54, 1.807) is 20.0 Å². The zero-order valence-electron chi connectivity index (χ0n) is 8.85. The van der Waals surface area contributed by atoms with E-state index in [0.29, 0.717) is 11.4 Å². The van der Waals surface area contributed by atoms with Crippen molar-refractivity contribution in [1.82, 2.24) is 25.0 Å². The molecule has 0 spiro atoms. The van der Waals surface area contributed by atoms with Gasteiger partial charge in [-0.25, -0.2) is 9.78 Å². The molecule has 0 aliphatic rings. The number of H-pyrrole nitrogens is 1. The molecule has 8 heteroatoms. The SMILES string of the molecule is Cc1cc(Nc2n[nH]c(N)n2)c(=O)n(C)n1. The number of aryl methyl sites for hydroxylation is 2. The van der Waals surface area contributed by atoms with Crippen LogP contribution in [-0.2, 0) is 7.05 Å². The van der Waals surface area contributed by atoms with E-state index >= 15 is 0 Å². The molecular formula is C8H11N7O. The maximum absolute atomic E-state index is 11.7. The van der Waals surface area contributed by atoms with E-state index in [2.05, 4.69) is 25.6 Å². The van der Waals surface area contributed by atoms with Crippen LogP contribution in [0, 0.1) is 6.92 Å². The minimum absolute atomic E-state index is 0.185. The number of rotatable bonds is 2. The molecule has 0 amide bonds. The van der Waals surface area contributed by atoms with Crippen LogP contribution >= 0.6 is 0 Å². The van der Waals surface area contributed by atoms with Crippen LogP contribution in [0.3, 0.4) is 0 Å². The number of nitrogens with two attached hydrogens (primary N) is 1. The lowest BCUT2D eigenvalue weighted by Gasteiger charge is -2.04. The number of nitrogens with one attached hydrogen (secondary N) is 2. The molecule has 0 saturated carbocycles. The Kier molecular flexibility index (Phi) is 2.31. The van der Waals surface area contributed by atoms with Crippen LogP contribution in [0.15, 0.2) is 10.9 Å². The minimum Gasteiger partial charge on any atom is -0.368 e. The van der Waals surface area contributed by atoms with Gasteiger partial charge in [0.1, 0.15) is 5.69 Å². The van der Waals surface area contributed by atoms with Crippen LogP contribution in [0.1, 0.15) is 5.69 Å². The van der Waals surface area contributed by atoms with E-state index in [4.69, 9.17) is 5.73 Å². The first-order valence-corrected chi connectivity index (χ1v) is 4.56. The molecule has 0 aromatic carbocycles. The van der Waals surface area contributed by atoms with Crippen molar-refractivity contribution in [2.24, 2.45) is 7.05 Å². The summed E-state index contributed by atoms with van der Waals surface area (Å²) >= 11 is 0. The van der Waals surface area contributed by atoms with Gasteiger partial charge in [-0.1, -0.05) is 0 Å². The molecule has 16 heavy (non-hydrogen) atoms. The first kappa shape index (κ1) is 10.1. The van der Waals surface area contributed by atoms with E-state index in [1.807, 2.05) is 0 Å². The summed E-state index contributed by atoms with van der Waals surface area (Å²) in [4.78, 5) is 15.5. The van der Waals surface area contributed by atoms with Crippen molar-refractivity contribution in [1.29, 1.82) is 0 Å². The summed E-state index contributed by atoms with van der Waals surface area (Å²) in [7, 11) is 1.58. The Bertz CT molecular complexity index is 570. The molecule has 2 heterocycles. The molecule has 0 atom stereocenters. The zero-order chi connectivity index (χ0) is 11.7. The molecular weight excluding hydrogens is 210 g/mol. The maximum Gasteiger partial charge on any atom is 0.290 e. The fraction of sp³-hybridized carbons (Fsp3) is 0.250. The highest BCUT2D eigenvalue weighted by atomic mass is 16.1. The summed E-state index contributed by atoms with van der Waals surface area (Å²) in [5, 5.41) is 13.0. The van der Waals surface area contributed by atoms with E-state index in [-0.39, 0.29) is 17.5 Å². The Labute approximate surface area is 90.5 Å². The molecule has 2 rings (SSSR count). The van der Waals surface area contributed by atoms with Crippen LogP contribution in [0.4, 0.5) is 17.6 Å². The molecule has 0 fully saturated rings. The molecule has 0 bridgehead atoms.